The number of hydrogen-bond acceptors (Lipinski definition) is 1. The molecule has 0 bridgehead atoms. The third kappa shape index (κ3) is 2.22. The molecule has 0 amide bonds. The number of ether oxygens (including phenoxy) is 1. The van der Waals surface area contributed by atoms with Crippen LogP contribution in [0.15, 0.2) is 18.2 Å². The Kier molecular flexibility index (Phi) is 2.92. The van der Waals surface area contributed by atoms with E-state index in [4.69, 9.17) is 11.2 Å². The van der Waals surface area contributed by atoms with Crippen molar-refractivity contribution in [2.24, 2.45) is 0 Å². The fourth-order valence-electron chi connectivity index (χ4n) is 0.997. The Labute approximate surface area is 77.5 Å². The highest BCUT2D eigenvalue weighted by molar-refractivity contribution is 5.45. The maximum atomic E-state index is 13.1. The zero-order valence-corrected chi connectivity index (χ0v) is 7.67. The monoisotopic (exact) mass is 178 g/mol. The summed E-state index contributed by atoms with van der Waals surface area (Å²) in [7, 11) is 0. The van der Waals surface area contributed by atoms with Crippen molar-refractivity contribution in [2.45, 2.75) is 20.0 Å². The van der Waals surface area contributed by atoms with Crippen LogP contribution in [0.25, 0.3) is 0 Å². The number of hydrogen-bond donors (Lipinski definition) is 0. The van der Waals surface area contributed by atoms with E-state index in [1.807, 2.05) is 13.8 Å². The molecule has 1 rings (SSSR count). The first-order chi connectivity index (χ1) is 6.15. The number of rotatable bonds is 2. The van der Waals surface area contributed by atoms with Gasteiger partial charge in [0.2, 0.25) is 0 Å². The van der Waals surface area contributed by atoms with Crippen LogP contribution in [0.3, 0.4) is 0 Å². The van der Waals surface area contributed by atoms with E-state index in [2.05, 4.69) is 5.92 Å². The predicted molar refractivity (Wildman–Crippen MR) is 50.1 cm³/mol. The van der Waals surface area contributed by atoms with Crippen LogP contribution in [0.5, 0.6) is 5.75 Å². The van der Waals surface area contributed by atoms with Gasteiger partial charge in [0.05, 0.1) is 6.10 Å². The summed E-state index contributed by atoms with van der Waals surface area (Å²) >= 11 is 0. The van der Waals surface area contributed by atoms with E-state index >= 15 is 0 Å². The van der Waals surface area contributed by atoms with Crippen LogP contribution >= 0.6 is 0 Å². The molecule has 1 aromatic rings. The third-order valence-corrected chi connectivity index (χ3v) is 1.48. The highest BCUT2D eigenvalue weighted by Crippen LogP contribution is 2.21. The van der Waals surface area contributed by atoms with E-state index in [-0.39, 0.29) is 11.7 Å². The Morgan fingerprint density at radius 2 is 2.15 bits per heavy atom. The zero-order chi connectivity index (χ0) is 9.84. The molecular formula is C11H11FO. The molecule has 0 saturated carbocycles. The van der Waals surface area contributed by atoms with Gasteiger partial charge in [0.15, 0.2) is 0 Å². The van der Waals surface area contributed by atoms with Crippen molar-refractivity contribution in [3.8, 4) is 18.1 Å². The lowest BCUT2D eigenvalue weighted by Crippen LogP contribution is -2.07. The summed E-state index contributed by atoms with van der Waals surface area (Å²) in [5.74, 6) is 2.28. The molecule has 0 fully saturated rings. The molecule has 13 heavy (non-hydrogen) atoms. The largest absolute Gasteiger partial charge is 0.490 e. The van der Waals surface area contributed by atoms with Crippen molar-refractivity contribution in [3.63, 3.8) is 0 Å². The smallest absolute Gasteiger partial charge is 0.142 e. The fraction of sp³-hybridized carbons (Fsp3) is 0.273. The van der Waals surface area contributed by atoms with Crippen molar-refractivity contribution in [1.29, 1.82) is 0 Å². The molecule has 0 aromatic heterocycles. The molecule has 0 aliphatic heterocycles. The molecule has 1 aromatic carbocycles. The summed E-state index contributed by atoms with van der Waals surface area (Å²) in [6, 6.07) is 4.56. The van der Waals surface area contributed by atoms with Gasteiger partial charge in [-0.05, 0) is 26.0 Å². The van der Waals surface area contributed by atoms with Crippen LogP contribution < -0.4 is 4.74 Å². The van der Waals surface area contributed by atoms with Gasteiger partial charge in [-0.1, -0.05) is 12.0 Å². The predicted octanol–water partition coefficient (Wildman–Crippen LogP) is 2.59. The van der Waals surface area contributed by atoms with Gasteiger partial charge in [-0.25, -0.2) is 4.39 Å². The molecule has 1 nitrogen and oxygen atoms in total. The van der Waals surface area contributed by atoms with Gasteiger partial charge in [-0.3, -0.25) is 0 Å². The van der Waals surface area contributed by atoms with Crippen LogP contribution in [-0.2, 0) is 0 Å². The number of terminal acetylenes is 1. The average Bonchev–Trinajstić information content (AvgIpc) is 2.03. The molecular weight excluding hydrogens is 167 g/mol. The Morgan fingerprint density at radius 1 is 1.46 bits per heavy atom. The van der Waals surface area contributed by atoms with E-state index in [1.165, 1.54) is 6.07 Å². The Hall–Kier alpha value is -1.49. The van der Waals surface area contributed by atoms with Gasteiger partial charge in [0.1, 0.15) is 17.1 Å². The van der Waals surface area contributed by atoms with Gasteiger partial charge in [-0.2, -0.15) is 0 Å². The highest BCUT2D eigenvalue weighted by atomic mass is 19.1. The molecule has 68 valence electrons. The van der Waals surface area contributed by atoms with Gasteiger partial charge >= 0.3 is 0 Å². The lowest BCUT2D eigenvalue weighted by atomic mass is 10.2. The van der Waals surface area contributed by atoms with E-state index < -0.39 is 5.82 Å². The molecule has 0 aliphatic carbocycles. The molecule has 2 heteroatoms. The minimum absolute atomic E-state index is 0.00565. The Balaban J connectivity index is 3.07. The van der Waals surface area contributed by atoms with Crippen LogP contribution in [0, 0.1) is 18.2 Å². The number of halogens is 1. The summed E-state index contributed by atoms with van der Waals surface area (Å²) < 4.78 is 18.4. The lowest BCUT2D eigenvalue weighted by molar-refractivity contribution is 0.240. The molecule has 0 aliphatic rings. The zero-order valence-electron chi connectivity index (χ0n) is 7.67. The van der Waals surface area contributed by atoms with Crippen LogP contribution in [0.4, 0.5) is 4.39 Å². The van der Waals surface area contributed by atoms with Gasteiger partial charge < -0.3 is 4.74 Å². The first-order valence-corrected chi connectivity index (χ1v) is 4.07. The van der Waals surface area contributed by atoms with E-state index in [0.29, 0.717) is 5.75 Å². The maximum absolute atomic E-state index is 13.1. The second-order valence-electron chi connectivity index (χ2n) is 2.92. The standard InChI is InChI=1S/C11H11FO/c1-4-9-10(12)6-5-7-11(9)13-8(2)3/h1,5-8H,2-3H3. The van der Waals surface area contributed by atoms with Crippen molar-refractivity contribution in [2.75, 3.05) is 0 Å². The average molecular weight is 178 g/mol. The molecule has 0 spiro atoms. The molecule has 0 radical (unpaired) electrons. The second kappa shape index (κ2) is 3.95. The topological polar surface area (TPSA) is 9.23 Å². The van der Waals surface area contributed by atoms with Crippen LogP contribution in [0.1, 0.15) is 19.4 Å². The Bertz CT molecular complexity index is 336. The highest BCUT2D eigenvalue weighted by Gasteiger charge is 2.07. The fourth-order valence-corrected chi connectivity index (χ4v) is 0.997. The Morgan fingerprint density at radius 3 is 2.69 bits per heavy atom. The van der Waals surface area contributed by atoms with Crippen LogP contribution in [0.2, 0.25) is 0 Å². The molecule has 0 N–H and O–H groups in total. The molecule has 0 atom stereocenters. The van der Waals surface area contributed by atoms with E-state index in [9.17, 15) is 4.39 Å². The van der Waals surface area contributed by atoms with E-state index in [1.54, 1.807) is 12.1 Å². The normalized spacial score (nSPS) is 9.77. The SMILES string of the molecule is C#Cc1c(F)cccc1OC(C)C. The van der Waals surface area contributed by atoms with Gasteiger partial charge in [-0.15, -0.1) is 6.42 Å². The maximum Gasteiger partial charge on any atom is 0.142 e. The quantitative estimate of drug-likeness (QED) is 0.632. The molecule has 0 heterocycles. The van der Waals surface area contributed by atoms with Crippen molar-refractivity contribution >= 4 is 0 Å². The second-order valence-corrected chi connectivity index (χ2v) is 2.92. The third-order valence-electron chi connectivity index (χ3n) is 1.48. The summed E-state index contributed by atoms with van der Waals surface area (Å²) in [6.45, 7) is 3.73. The minimum atomic E-state index is -0.416. The van der Waals surface area contributed by atoms with Crippen molar-refractivity contribution in [1.82, 2.24) is 0 Å². The van der Waals surface area contributed by atoms with E-state index in [0.717, 1.165) is 0 Å². The molecule has 0 saturated heterocycles. The van der Waals surface area contributed by atoms with Gasteiger partial charge in [0, 0.05) is 0 Å². The van der Waals surface area contributed by atoms with Gasteiger partial charge in [0.25, 0.3) is 0 Å². The number of benzene rings is 1. The summed E-state index contributed by atoms with van der Waals surface area (Å²) in [5, 5.41) is 0. The lowest BCUT2D eigenvalue weighted by Gasteiger charge is -2.11. The van der Waals surface area contributed by atoms with Crippen molar-refractivity contribution < 1.29 is 9.13 Å². The molecule has 0 unspecified atom stereocenters. The van der Waals surface area contributed by atoms with Crippen LogP contribution in [-0.4, -0.2) is 6.10 Å². The summed E-state index contributed by atoms with van der Waals surface area (Å²) in [5.41, 5.74) is 0.191. The summed E-state index contributed by atoms with van der Waals surface area (Å²) in [6.07, 6.45) is 5.15. The van der Waals surface area contributed by atoms with Crippen molar-refractivity contribution in [3.05, 3.63) is 29.6 Å². The minimum Gasteiger partial charge on any atom is -0.490 e. The first-order valence-electron chi connectivity index (χ1n) is 4.07. The first kappa shape index (κ1) is 9.60. The summed E-state index contributed by atoms with van der Waals surface area (Å²) in [4.78, 5) is 0.